The summed E-state index contributed by atoms with van der Waals surface area (Å²) < 4.78 is 1.83. The highest BCUT2D eigenvalue weighted by molar-refractivity contribution is 6.13. The van der Waals surface area contributed by atoms with Gasteiger partial charge in [0.15, 0.2) is 0 Å². The zero-order chi connectivity index (χ0) is 5.98. The van der Waals surface area contributed by atoms with Crippen molar-refractivity contribution in [2.45, 2.75) is 0 Å². The Kier molecular flexibility index (Phi) is 5.25. The predicted octanol–water partition coefficient (Wildman–Crippen LogP) is -0.529. The van der Waals surface area contributed by atoms with E-state index in [-0.39, 0.29) is 23.1 Å². The highest BCUT2D eigenvalue weighted by atomic mass is 35.5. The van der Waals surface area contributed by atoms with Crippen molar-refractivity contribution in [1.82, 2.24) is 9.32 Å². The molecular formula is C5H13ClMgN2. The number of nitrogens with zero attached hydrogens (tertiary/aromatic N) is 2. The number of rotatable bonds is 0. The van der Waals surface area contributed by atoms with Crippen LogP contribution in [0.4, 0.5) is 0 Å². The molecule has 1 aliphatic rings. The molecule has 1 aliphatic heterocycles. The maximum absolute atomic E-state index is 5.69. The Morgan fingerprint density at radius 3 is 1.89 bits per heavy atom. The molecule has 0 spiro atoms. The first-order valence-electron chi connectivity index (χ1n) is 2.88. The molecule has 0 aromatic rings. The summed E-state index contributed by atoms with van der Waals surface area (Å²) in [5.41, 5.74) is 0. The summed E-state index contributed by atoms with van der Waals surface area (Å²) in [6.07, 6.45) is 0. The molecule has 0 aliphatic carbocycles. The van der Waals surface area contributed by atoms with E-state index in [4.69, 9.17) is 11.8 Å². The summed E-state index contributed by atoms with van der Waals surface area (Å²) in [6, 6.07) is 0. The first-order valence-corrected chi connectivity index (χ1v) is 3.22. The maximum atomic E-state index is 5.69. The molecule has 0 radical (unpaired) electrons. The molecule has 4 heteroatoms. The average Bonchev–Trinajstić information content (AvgIpc) is 1.77. The van der Waals surface area contributed by atoms with Gasteiger partial charge in [-0.05, 0) is 18.8 Å². The zero-order valence-electron chi connectivity index (χ0n) is 5.10. The van der Waals surface area contributed by atoms with Crippen molar-refractivity contribution in [1.29, 1.82) is 0 Å². The quantitative estimate of drug-likeness (QED) is 0.348. The van der Waals surface area contributed by atoms with E-state index in [9.17, 15) is 0 Å². The molecule has 1 fully saturated rings. The van der Waals surface area contributed by atoms with E-state index in [1.54, 1.807) is 0 Å². The Morgan fingerprint density at radius 1 is 1.11 bits per heavy atom. The standard InChI is InChI=1S/C5H11ClN2.Mg.2H/c1-7-2-4-8(6)5-3-7;;;/h2-5H2,1H3;;;. The maximum Gasteiger partial charge on any atom is 0.316 e. The van der Waals surface area contributed by atoms with Crippen LogP contribution < -0.4 is 0 Å². The molecule has 1 saturated heterocycles. The van der Waals surface area contributed by atoms with Gasteiger partial charge in [-0.3, -0.25) is 0 Å². The van der Waals surface area contributed by atoms with Crippen LogP contribution >= 0.6 is 11.8 Å². The molecule has 52 valence electrons. The summed E-state index contributed by atoms with van der Waals surface area (Å²) in [7, 11) is 2.11. The van der Waals surface area contributed by atoms with E-state index < -0.39 is 0 Å². The molecule has 0 unspecified atom stereocenters. The Labute approximate surface area is 77.4 Å². The second-order valence-electron chi connectivity index (χ2n) is 2.21. The fraction of sp³-hybridized carbons (Fsp3) is 1.00. The van der Waals surface area contributed by atoms with Gasteiger partial charge in [-0.25, -0.2) is 4.42 Å². The Morgan fingerprint density at radius 2 is 1.56 bits per heavy atom. The lowest BCUT2D eigenvalue weighted by Gasteiger charge is -2.26. The summed E-state index contributed by atoms with van der Waals surface area (Å²) in [4.78, 5) is 2.28. The second-order valence-corrected chi connectivity index (χ2v) is 2.69. The monoisotopic (exact) mass is 160 g/mol. The molecule has 0 bridgehead atoms. The summed E-state index contributed by atoms with van der Waals surface area (Å²) in [5.74, 6) is 0. The highest BCUT2D eigenvalue weighted by Crippen LogP contribution is 2.00. The molecule has 0 amide bonds. The van der Waals surface area contributed by atoms with E-state index in [0.717, 1.165) is 26.2 Å². The van der Waals surface area contributed by atoms with Gasteiger partial charge in [-0.1, -0.05) is 0 Å². The Balaban J connectivity index is 0.000000640. The minimum absolute atomic E-state index is 0. The van der Waals surface area contributed by atoms with Crippen molar-refractivity contribution >= 4 is 34.8 Å². The van der Waals surface area contributed by atoms with E-state index in [1.165, 1.54) is 0 Å². The third-order valence-corrected chi connectivity index (χ3v) is 1.79. The average molecular weight is 161 g/mol. The number of hydrogen-bond donors (Lipinski definition) is 0. The molecule has 0 N–H and O–H groups in total. The largest absolute Gasteiger partial charge is 0.316 e. The van der Waals surface area contributed by atoms with E-state index in [0.29, 0.717) is 0 Å². The zero-order valence-corrected chi connectivity index (χ0v) is 5.86. The summed E-state index contributed by atoms with van der Waals surface area (Å²) in [6.45, 7) is 4.20. The fourth-order valence-corrected chi connectivity index (χ4v) is 0.933. The molecule has 0 saturated carbocycles. The van der Waals surface area contributed by atoms with Crippen molar-refractivity contribution in [2.24, 2.45) is 0 Å². The third kappa shape index (κ3) is 3.63. The molecule has 1 rings (SSSR count). The van der Waals surface area contributed by atoms with E-state index >= 15 is 0 Å². The first-order chi connectivity index (χ1) is 3.79. The van der Waals surface area contributed by atoms with Gasteiger partial charge in [-0.2, -0.15) is 0 Å². The number of piperazine rings is 1. The normalized spacial score (nSPS) is 23.3. The van der Waals surface area contributed by atoms with Crippen molar-refractivity contribution < 1.29 is 0 Å². The third-order valence-electron chi connectivity index (χ3n) is 1.45. The number of halogens is 1. The molecule has 0 aromatic heterocycles. The first kappa shape index (κ1) is 9.98. The van der Waals surface area contributed by atoms with E-state index in [2.05, 4.69) is 11.9 Å². The van der Waals surface area contributed by atoms with Crippen LogP contribution in [0.1, 0.15) is 0 Å². The van der Waals surface area contributed by atoms with Crippen molar-refractivity contribution in [3.05, 3.63) is 0 Å². The Bertz CT molecular complexity index is 63.4. The highest BCUT2D eigenvalue weighted by Gasteiger charge is 2.09. The van der Waals surface area contributed by atoms with Crippen LogP contribution in [0.3, 0.4) is 0 Å². The SMILES string of the molecule is CN1CCN(Cl)CC1.[MgH2]. The van der Waals surface area contributed by atoms with Crippen LogP contribution in [-0.2, 0) is 0 Å². The lowest BCUT2D eigenvalue weighted by atomic mass is 10.4. The van der Waals surface area contributed by atoms with Crippen molar-refractivity contribution in [3.8, 4) is 0 Å². The Hall–Kier alpha value is 0.976. The van der Waals surface area contributed by atoms with Crippen LogP contribution in [0.25, 0.3) is 0 Å². The van der Waals surface area contributed by atoms with Crippen LogP contribution in [0.5, 0.6) is 0 Å². The molecule has 9 heavy (non-hydrogen) atoms. The summed E-state index contributed by atoms with van der Waals surface area (Å²) in [5, 5.41) is 0. The van der Waals surface area contributed by atoms with Gasteiger partial charge in [0, 0.05) is 26.2 Å². The van der Waals surface area contributed by atoms with Gasteiger partial charge < -0.3 is 4.90 Å². The second kappa shape index (κ2) is 4.74. The molecule has 2 nitrogen and oxygen atoms in total. The van der Waals surface area contributed by atoms with Crippen molar-refractivity contribution in [3.63, 3.8) is 0 Å². The van der Waals surface area contributed by atoms with Gasteiger partial charge in [0.25, 0.3) is 0 Å². The molecule has 0 atom stereocenters. The molecule has 0 aromatic carbocycles. The van der Waals surface area contributed by atoms with Crippen LogP contribution in [-0.4, -0.2) is 65.6 Å². The van der Waals surface area contributed by atoms with Crippen LogP contribution in [0.15, 0.2) is 0 Å². The minimum Gasteiger partial charge on any atom is -0.304 e. The predicted molar refractivity (Wildman–Crippen MR) is 43.5 cm³/mol. The van der Waals surface area contributed by atoms with Crippen molar-refractivity contribution in [2.75, 3.05) is 33.2 Å². The molecule has 1 heterocycles. The van der Waals surface area contributed by atoms with E-state index in [1.807, 2.05) is 4.42 Å². The van der Waals surface area contributed by atoms with Gasteiger partial charge in [0.2, 0.25) is 0 Å². The van der Waals surface area contributed by atoms with Gasteiger partial charge in [0.05, 0.1) is 0 Å². The van der Waals surface area contributed by atoms with Gasteiger partial charge in [0.1, 0.15) is 0 Å². The molecular weight excluding hydrogens is 148 g/mol. The number of likely N-dealkylation sites (N-methyl/N-ethyl adjacent to an activating group) is 1. The smallest absolute Gasteiger partial charge is 0.304 e. The lowest BCUT2D eigenvalue weighted by Crippen LogP contribution is -2.39. The lowest BCUT2D eigenvalue weighted by molar-refractivity contribution is 0.228. The topological polar surface area (TPSA) is 6.48 Å². The fourth-order valence-electron chi connectivity index (χ4n) is 0.782. The van der Waals surface area contributed by atoms with Crippen LogP contribution in [0, 0.1) is 0 Å². The summed E-state index contributed by atoms with van der Waals surface area (Å²) >= 11 is 5.69. The van der Waals surface area contributed by atoms with Gasteiger partial charge in [-0.15, -0.1) is 0 Å². The minimum atomic E-state index is 0. The number of hydrogen-bond acceptors (Lipinski definition) is 2. The van der Waals surface area contributed by atoms with Crippen LogP contribution in [0.2, 0.25) is 0 Å². The van der Waals surface area contributed by atoms with Gasteiger partial charge >= 0.3 is 23.1 Å².